The van der Waals surface area contributed by atoms with Gasteiger partial charge in [0.2, 0.25) is 10.0 Å². The fourth-order valence-electron chi connectivity index (χ4n) is 5.93. The van der Waals surface area contributed by atoms with Gasteiger partial charge in [-0.3, -0.25) is 14.5 Å². The summed E-state index contributed by atoms with van der Waals surface area (Å²) in [5.74, 6) is -1.09. The van der Waals surface area contributed by atoms with Gasteiger partial charge < -0.3 is 14.9 Å². The first kappa shape index (κ1) is 32.3. The molecule has 0 saturated carbocycles. The number of hydrogen-bond acceptors (Lipinski definition) is 7. The molecule has 3 atom stereocenters. The number of aliphatic hydroxyl groups excluding tert-OH is 1. The van der Waals surface area contributed by atoms with E-state index in [9.17, 15) is 33.0 Å². The quantitative estimate of drug-likeness (QED) is 0.286. The monoisotopic (exact) mass is 635 g/mol. The highest BCUT2D eigenvalue weighted by Gasteiger charge is 2.40. The number of carboxylic acid groups (broad SMARTS) is 1. The van der Waals surface area contributed by atoms with Crippen LogP contribution in [-0.2, 0) is 21.2 Å². The normalized spacial score (nSPS) is 18.0. The molecule has 0 aliphatic carbocycles. The van der Waals surface area contributed by atoms with E-state index in [2.05, 4.69) is 0 Å². The molecule has 1 fully saturated rings. The van der Waals surface area contributed by atoms with E-state index in [-0.39, 0.29) is 53.7 Å². The Kier molecular flexibility index (Phi) is 9.68. The SMILES string of the molecule is CC(C)CN(C[C@@H](O)[C@H](Cc1ccccc1)N(C(=O)O)[C@H]1CCOC1)S(=O)(=O)c1ccc(N2C(=O)c3ccccc3C2=O)cc1. The number of amides is 3. The molecule has 11 nitrogen and oxygen atoms in total. The molecule has 2 heterocycles. The van der Waals surface area contributed by atoms with Crippen molar-refractivity contribution in [1.82, 2.24) is 9.21 Å². The molecule has 5 rings (SSSR count). The standard InChI is InChI=1S/C33H37N3O8S/c1-22(2)19-34(20-30(37)29(18-23-8-4-3-5-9-23)35(33(40)41)25-16-17-44-21-25)45(42,43)26-14-12-24(13-15-26)36-31(38)27-10-6-7-11-28(27)32(36)39/h3-15,22,25,29-30,37H,16-21H2,1-2H3,(H,40,41)/t25-,29-,30+/m0/s1. The lowest BCUT2D eigenvalue weighted by Crippen LogP contribution is -2.56. The van der Waals surface area contributed by atoms with Gasteiger partial charge in [-0.2, -0.15) is 4.31 Å². The van der Waals surface area contributed by atoms with Gasteiger partial charge >= 0.3 is 6.09 Å². The van der Waals surface area contributed by atoms with E-state index < -0.39 is 46.1 Å². The second-order valence-corrected chi connectivity index (χ2v) is 13.7. The molecule has 0 radical (unpaired) electrons. The van der Waals surface area contributed by atoms with Crippen molar-refractivity contribution in [2.24, 2.45) is 5.92 Å². The maximum atomic E-state index is 14.0. The highest BCUT2D eigenvalue weighted by molar-refractivity contribution is 7.89. The molecule has 2 N–H and O–H groups in total. The van der Waals surface area contributed by atoms with Gasteiger partial charge in [-0.15, -0.1) is 0 Å². The van der Waals surface area contributed by atoms with Crippen molar-refractivity contribution in [2.45, 2.75) is 49.8 Å². The van der Waals surface area contributed by atoms with Gasteiger partial charge in [-0.1, -0.05) is 56.3 Å². The van der Waals surface area contributed by atoms with Crippen LogP contribution in [0.1, 0.15) is 46.5 Å². The Labute approximate surface area is 262 Å². The number of ether oxygens (including phenoxy) is 1. The first-order valence-electron chi connectivity index (χ1n) is 14.9. The molecular weight excluding hydrogens is 598 g/mol. The number of rotatable bonds is 12. The minimum Gasteiger partial charge on any atom is -0.465 e. The third-order valence-corrected chi connectivity index (χ3v) is 9.94. The summed E-state index contributed by atoms with van der Waals surface area (Å²) in [7, 11) is -4.19. The highest BCUT2D eigenvalue weighted by atomic mass is 32.2. The Balaban J connectivity index is 1.42. The molecule has 3 amide bonds. The lowest BCUT2D eigenvalue weighted by molar-refractivity contribution is 0.0163. The summed E-state index contributed by atoms with van der Waals surface area (Å²) < 4.78 is 34.6. The lowest BCUT2D eigenvalue weighted by atomic mass is 9.97. The number of fused-ring (bicyclic) bond motifs is 1. The molecule has 3 aromatic carbocycles. The summed E-state index contributed by atoms with van der Waals surface area (Å²) in [6.07, 6.45) is -1.94. The molecule has 45 heavy (non-hydrogen) atoms. The number of nitrogens with zero attached hydrogens (tertiary/aromatic N) is 3. The van der Waals surface area contributed by atoms with E-state index in [4.69, 9.17) is 4.74 Å². The Morgan fingerprint density at radius 3 is 2.07 bits per heavy atom. The molecular formula is C33H37N3O8S. The topological polar surface area (TPSA) is 145 Å². The lowest BCUT2D eigenvalue weighted by Gasteiger charge is -2.38. The van der Waals surface area contributed by atoms with E-state index in [0.29, 0.717) is 13.0 Å². The number of aliphatic hydroxyl groups is 1. The van der Waals surface area contributed by atoms with Gasteiger partial charge in [-0.05, 0) is 60.7 Å². The zero-order valence-electron chi connectivity index (χ0n) is 25.2. The maximum absolute atomic E-state index is 14.0. The van der Waals surface area contributed by atoms with Gasteiger partial charge in [0.05, 0.1) is 46.5 Å². The summed E-state index contributed by atoms with van der Waals surface area (Å²) in [4.78, 5) is 40.5. The Hall–Kier alpha value is -4.10. The third kappa shape index (κ3) is 6.79. The van der Waals surface area contributed by atoms with Gasteiger partial charge in [0, 0.05) is 19.7 Å². The molecule has 0 aromatic heterocycles. The second kappa shape index (κ2) is 13.5. The van der Waals surface area contributed by atoms with Crippen LogP contribution in [0.25, 0.3) is 0 Å². The Bertz CT molecular complexity index is 1600. The first-order chi connectivity index (χ1) is 21.5. The van der Waals surface area contributed by atoms with Crippen LogP contribution in [0.3, 0.4) is 0 Å². The molecule has 2 aliphatic heterocycles. The van der Waals surface area contributed by atoms with E-state index >= 15 is 0 Å². The number of hydrogen-bond donors (Lipinski definition) is 2. The molecule has 2 aliphatic rings. The van der Waals surface area contributed by atoms with Crippen LogP contribution in [0, 0.1) is 5.92 Å². The predicted molar refractivity (Wildman–Crippen MR) is 167 cm³/mol. The summed E-state index contributed by atoms with van der Waals surface area (Å²) in [6.45, 7) is 4.00. The van der Waals surface area contributed by atoms with Crippen molar-refractivity contribution in [2.75, 3.05) is 31.2 Å². The number of anilines is 1. The van der Waals surface area contributed by atoms with Crippen molar-refractivity contribution < 1.29 is 37.8 Å². The zero-order valence-corrected chi connectivity index (χ0v) is 26.0. The average molecular weight is 636 g/mol. The largest absolute Gasteiger partial charge is 0.465 e. The number of benzene rings is 3. The van der Waals surface area contributed by atoms with E-state index in [1.807, 2.05) is 44.2 Å². The molecule has 0 unspecified atom stereocenters. The van der Waals surface area contributed by atoms with E-state index in [1.165, 1.54) is 33.5 Å². The second-order valence-electron chi connectivity index (χ2n) is 11.7. The average Bonchev–Trinajstić information content (AvgIpc) is 3.63. The van der Waals surface area contributed by atoms with Crippen LogP contribution in [0.2, 0.25) is 0 Å². The summed E-state index contributed by atoms with van der Waals surface area (Å²) in [6, 6.07) is 19.7. The van der Waals surface area contributed by atoms with Crippen LogP contribution >= 0.6 is 0 Å². The minimum absolute atomic E-state index is 0.0667. The third-order valence-electron chi connectivity index (χ3n) is 8.10. The van der Waals surface area contributed by atoms with E-state index in [0.717, 1.165) is 10.5 Å². The van der Waals surface area contributed by atoms with Crippen LogP contribution < -0.4 is 4.90 Å². The van der Waals surface area contributed by atoms with Crippen LogP contribution in [0.4, 0.5) is 10.5 Å². The minimum atomic E-state index is -4.19. The smallest absolute Gasteiger partial charge is 0.407 e. The van der Waals surface area contributed by atoms with Crippen molar-refractivity contribution in [3.05, 3.63) is 95.6 Å². The Morgan fingerprint density at radius 1 is 0.933 bits per heavy atom. The molecule has 12 heteroatoms. The van der Waals surface area contributed by atoms with Crippen molar-refractivity contribution >= 4 is 33.6 Å². The van der Waals surface area contributed by atoms with Gasteiger partial charge in [0.25, 0.3) is 11.8 Å². The number of carbonyl (C=O) groups is 3. The fourth-order valence-corrected chi connectivity index (χ4v) is 7.56. The molecule has 238 valence electrons. The summed E-state index contributed by atoms with van der Waals surface area (Å²) in [5, 5.41) is 21.9. The number of sulfonamides is 1. The Morgan fingerprint density at radius 2 is 1.53 bits per heavy atom. The highest BCUT2D eigenvalue weighted by Crippen LogP contribution is 2.30. The molecule has 0 spiro atoms. The zero-order chi connectivity index (χ0) is 32.3. The van der Waals surface area contributed by atoms with Crippen molar-refractivity contribution in [3.8, 4) is 0 Å². The molecule has 0 bridgehead atoms. The van der Waals surface area contributed by atoms with Gasteiger partial charge in [0.1, 0.15) is 0 Å². The number of imide groups is 1. The summed E-state index contributed by atoms with van der Waals surface area (Å²) in [5.41, 5.74) is 1.59. The van der Waals surface area contributed by atoms with Crippen molar-refractivity contribution in [3.63, 3.8) is 0 Å². The first-order valence-corrected chi connectivity index (χ1v) is 16.3. The molecule has 3 aromatic rings. The van der Waals surface area contributed by atoms with Crippen LogP contribution in [0.15, 0.2) is 83.8 Å². The number of carbonyl (C=O) groups excluding carboxylic acids is 2. The fraction of sp³-hybridized carbons (Fsp3) is 0.364. The maximum Gasteiger partial charge on any atom is 0.407 e. The van der Waals surface area contributed by atoms with Crippen molar-refractivity contribution in [1.29, 1.82) is 0 Å². The summed E-state index contributed by atoms with van der Waals surface area (Å²) >= 11 is 0. The van der Waals surface area contributed by atoms with Crippen LogP contribution in [0.5, 0.6) is 0 Å². The predicted octanol–water partition coefficient (Wildman–Crippen LogP) is 3.88. The van der Waals surface area contributed by atoms with Crippen LogP contribution in [-0.4, -0.2) is 90.2 Å². The van der Waals surface area contributed by atoms with Gasteiger partial charge in [-0.25, -0.2) is 18.1 Å². The molecule has 1 saturated heterocycles. The van der Waals surface area contributed by atoms with Gasteiger partial charge in [0.15, 0.2) is 0 Å². The van der Waals surface area contributed by atoms with E-state index in [1.54, 1.807) is 24.3 Å².